The Labute approximate surface area is 121 Å². The number of rotatable bonds is 6. The summed E-state index contributed by atoms with van der Waals surface area (Å²) < 4.78 is 5.01. The summed E-state index contributed by atoms with van der Waals surface area (Å²) in [6.45, 7) is 0. The Hall–Kier alpha value is -2.89. The van der Waals surface area contributed by atoms with Gasteiger partial charge in [-0.15, -0.1) is 10.1 Å². The van der Waals surface area contributed by atoms with Gasteiger partial charge >= 0.3 is 0 Å². The predicted molar refractivity (Wildman–Crippen MR) is 74.6 cm³/mol. The molecule has 0 radical (unpaired) electrons. The minimum Gasteiger partial charge on any atom is -0.497 e. The molecule has 1 atom stereocenters. The lowest BCUT2D eigenvalue weighted by Gasteiger charge is -2.14. The first-order chi connectivity index (χ1) is 10.1. The van der Waals surface area contributed by atoms with Gasteiger partial charge in [-0.05, 0) is 29.8 Å². The Morgan fingerprint density at radius 1 is 1.10 bits per heavy atom. The van der Waals surface area contributed by atoms with Crippen LogP contribution >= 0.6 is 0 Å². The van der Waals surface area contributed by atoms with Gasteiger partial charge in [0.2, 0.25) is 0 Å². The Kier molecular flexibility index (Phi) is 4.50. The van der Waals surface area contributed by atoms with E-state index in [1.54, 1.807) is 54.6 Å². The van der Waals surface area contributed by atoms with E-state index < -0.39 is 17.0 Å². The largest absolute Gasteiger partial charge is 0.497 e. The Morgan fingerprint density at radius 3 is 2.24 bits per heavy atom. The SMILES string of the molecule is COc1ccc(C(=O)C(O[N+](=O)[O-])c2ccccc2)cc1. The lowest BCUT2D eigenvalue weighted by molar-refractivity contribution is -0.766. The van der Waals surface area contributed by atoms with Gasteiger partial charge in [-0.3, -0.25) is 9.63 Å². The third-order valence-electron chi connectivity index (χ3n) is 2.91. The predicted octanol–water partition coefficient (Wildman–Crippen LogP) is 2.83. The molecule has 0 aliphatic rings. The van der Waals surface area contributed by atoms with Crippen molar-refractivity contribution in [1.82, 2.24) is 0 Å². The fourth-order valence-corrected chi connectivity index (χ4v) is 1.88. The van der Waals surface area contributed by atoms with E-state index in [0.29, 0.717) is 16.9 Å². The van der Waals surface area contributed by atoms with Crippen molar-refractivity contribution in [3.8, 4) is 5.75 Å². The fourth-order valence-electron chi connectivity index (χ4n) is 1.88. The highest BCUT2D eigenvalue weighted by molar-refractivity contribution is 6.00. The van der Waals surface area contributed by atoms with Crippen molar-refractivity contribution >= 4 is 5.78 Å². The van der Waals surface area contributed by atoms with Gasteiger partial charge < -0.3 is 4.74 Å². The van der Waals surface area contributed by atoms with Crippen molar-refractivity contribution in [2.75, 3.05) is 7.11 Å². The number of carbonyl (C=O) groups is 1. The topological polar surface area (TPSA) is 78.7 Å². The van der Waals surface area contributed by atoms with E-state index in [-0.39, 0.29) is 0 Å². The van der Waals surface area contributed by atoms with Crippen molar-refractivity contribution in [1.29, 1.82) is 0 Å². The van der Waals surface area contributed by atoms with Gasteiger partial charge in [0.15, 0.2) is 11.9 Å². The molecule has 0 fully saturated rings. The molecule has 0 saturated heterocycles. The molecule has 21 heavy (non-hydrogen) atoms. The van der Waals surface area contributed by atoms with Crippen molar-refractivity contribution in [2.45, 2.75) is 6.10 Å². The Morgan fingerprint density at radius 2 is 1.71 bits per heavy atom. The van der Waals surface area contributed by atoms with Gasteiger partial charge in [0.1, 0.15) is 5.75 Å². The van der Waals surface area contributed by atoms with Crippen LogP contribution in [-0.2, 0) is 4.84 Å². The maximum absolute atomic E-state index is 12.4. The first-order valence-electron chi connectivity index (χ1n) is 6.16. The van der Waals surface area contributed by atoms with E-state index in [2.05, 4.69) is 4.84 Å². The molecule has 0 bridgehead atoms. The molecule has 2 aromatic rings. The number of benzene rings is 2. The van der Waals surface area contributed by atoms with E-state index in [0.717, 1.165) is 0 Å². The number of carbonyl (C=O) groups excluding carboxylic acids is 1. The number of hydrogen-bond acceptors (Lipinski definition) is 5. The summed E-state index contributed by atoms with van der Waals surface area (Å²) >= 11 is 0. The van der Waals surface area contributed by atoms with Crippen LogP contribution in [0.15, 0.2) is 54.6 Å². The highest BCUT2D eigenvalue weighted by atomic mass is 17.0. The highest BCUT2D eigenvalue weighted by Crippen LogP contribution is 2.23. The normalized spacial score (nSPS) is 11.5. The number of hydrogen-bond donors (Lipinski definition) is 0. The number of ketones is 1. The third kappa shape index (κ3) is 3.56. The number of Topliss-reactive ketones (excluding diaryl/α,β-unsaturated/α-hetero) is 1. The molecule has 1 unspecified atom stereocenters. The van der Waals surface area contributed by atoms with E-state index in [9.17, 15) is 14.9 Å². The summed E-state index contributed by atoms with van der Waals surface area (Å²) in [6.07, 6.45) is -1.28. The fraction of sp³-hybridized carbons (Fsp3) is 0.133. The second-order valence-corrected chi connectivity index (χ2v) is 4.21. The summed E-state index contributed by atoms with van der Waals surface area (Å²) in [4.78, 5) is 27.6. The van der Waals surface area contributed by atoms with Crippen LogP contribution < -0.4 is 4.74 Å². The van der Waals surface area contributed by atoms with Crippen molar-refractivity contribution < 1.29 is 19.5 Å². The van der Waals surface area contributed by atoms with Crippen LogP contribution in [0.2, 0.25) is 0 Å². The molecule has 0 heterocycles. The standard InChI is InChI=1S/C15H13NO5/c1-20-13-9-7-11(8-10-13)14(17)15(21-16(18)19)12-5-3-2-4-6-12/h2-10,15H,1H3. The van der Waals surface area contributed by atoms with Crippen LogP contribution in [-0.4, -0.2) is 18.0 Å². The first kappa shape index (κ1) is 14.5. The van der Waals surface area contributed by atoms with Gasteiger partial charge in [-0.1, -0.05) is 30.3 Å². The maximum Gasteiger partial charge on any atom is 0.295 e. The first-order valence-corrected chi connectivity index (χ1v) is 6.16. The molecule has 0 N–H and O–H groups in total. The molecule has 2 aromatic carbocycles. The van der Waals surface area contributed by atoms with E-state index in [1.165, 1.54) is 7.11 Å². The molecular formula is C15H13NO5. The molecule has 0 aliphatic heterocycles. The summed E-state index contributed by atoms with van der Waals surface area (Å²) in [5.41, 5.74) is 0.738. The quantitative estimate of drug-likeness (QED) is 0.463. The Balaban J connectivity index is 2.31. The van der Waals surface area contributed by atoms with Crippen molar-refractivity contribution in [3.63, 3.8) is 0 Å². The zero-order chi connectivity index (χ0) is 15.2. The highest BCUT2D eigenvalue weighted by Gasteiger charge is 2.25. The summed E-state index contributed by atoms with van der Waals surface area (Å²) in [7, 11) is 1.51. The second-order valence-electron chi connectivity index (χ2n) is 4.21. The lowest BCUT2D eigenvalue weighted by atomic mass is 10.00. The van der Waals surface area contributed by atoms with Crippen LogP contribution in [0.4, 0.5) is 0 Å². The van der Waals surface area contributed by atoms with Gasteiger partial charge in [-0.25, -0.2) is 0 Å². The van der Waals surface area contributed by atoms with E-state index in [1.807, 2.05) is 0 Å². The van der Waals surface area contributed by atoms with Crippen LogP contribution in [0.5, 0.6) is 5.75 Å². The third-order valence-corrected chi connectivity index (χ3v) is 2.91. The second kappa shape index (κ2) is 6.51. The molecule has 0 spiro atoms. The van der Waals surface area contributed by atoms with Gasteiger partial charge in [0, 0.05) is 5.56 Å². The van der Waals surface area contributed by atoms with E-state index >= 15 is 0 Å². The van der Waals surface area contributed by atoms with E-state index in [4.69, 9.17) is 4.74 Å². The average molecular weight is 287 g/mol. The number of ether oxygens (including phenoxy) is 1. The average Bonchev–Trinajstić information content (AvgIpc) is 2.53. The van der Waals surface area contributed by atoms with Crippen LogP contribution in [0.25, 0.3) is 0 Å². The van der Waals surface area contributed by atoms with Crippen molar-refractivity contribution in [2.24, 2.45) is 0 Å². The van der Waals surface area contributed by atoms with Gasteiger partial charge in [-0.2, -0.15) is 0 Å². The number of methoxy groups -OCH3 is 1. The molecule has 0 amide bonds. The summed E-state index contributed by atoms with van der Waals surface area (Å²) in [5, 5.41) is 9.67. The minimum atomic E-state index is -1.28. The molecule has 6 nitrogen and oxygen atoms in total. The molecule has 6 heteroatoms. The lowest BCUT2D eigenvalue weighted by Crippen LogP contribution is -2.19. The molecule has 0 saturated carbocycles. The van der Waals surface area contributed by atoms with Crippen LogP contribution in [0, 0.1) is 10.1 Å². The van der Waals surface area contributed by atoms with Gasteiger partial charge in [0.25, 0.3) is 5.09 Å². The summed E-state index contributed by atoms with van der Waals surface area (Å²) in [6, 6.07) is 14.7. The number of nitrogens with zero attached hydrogens (tertiary/aromatic N) is 1. The molecular weight excluding hydrogens is 274 g/mol. The van der Waals surface area contributed by atoms with Gasteiger partial charge in [0.05, 0.1) is 7.11 Å². The van der Waals surface area contributed by atoms with Crippen molar-refractivity contribution in [3.05, 3.63) is 75.8 Å². The maximum atomic E-state index is 12.4. The minimum absolute atomic E-state index is 0.312. The van der Waals surface area contributed by atoms with Crippen LogP contribution in [0.1, 0.15) is 22.0 Å². The smallest absolute Gasteiger partial charge is 0.295 e. The van der Waals surface area contributed by atoms with Crippen LogP contribution in [0.3, 0.4) is 0 Å². The molecule has 2 rings (SSSR count). The zero-order valence-electron chi connectivity index (χ0n) is 11.3. The molecule has 0 aliphatic carbocycles. The monoisotopic (exact) mass is 287 g/mol. The zero-order valence-corrected chi connectivity index (χ0v) is 11.3. The molecule has 0 aromatic heterocycles. The Bertz CT molecular complexity index is 624. The summed E-state index contributed by atoms with van der Waals surface area (Å²) in [5.74, 6) is 0.110. The molecule has 108 valence electrons.